The van der Waals surface area contributed by atoms with Crippen LogP contribution in [0.4, 0.5) is 24.7 Å². The minimum atomic E-state index is -4.49. The van der Waals surface area contributed by atoms with Gasteiger partial charge in [0.15, 0.2) is 0 Å². The first-order chi connectivity index (χ1) is 10.0. The molecular formula is C15H12F3N3. The first-order valence-electron chi connectivity index (χ1n) is 6.26. The van der Waals surface area contributed by atoms with Crippen molar-refractivity contribution in [3.8, 4) is 6.07 Å². The fourth-order valence-electron chi connectivity index (χ4n) is 1.88. The average Bonchev–Trinajstić information content (AvgIpc) is 2.48. The molecule has 1 aromatic heterocycles. The maximum absolute atomic E-state index is 12.8. The van der Waals surface area contributed by atoms with Gasteiger partial charge < -0.3 is 4.90 Å². The van der Waals surface area contributed by atoms with E-state index >= 15 is 0 Å². The van der Waals surface area contributed by atoms with Gasteiger partial charge in [-0.15, -0.1) is 0 Å². The highest BCUT2D eigenvalue weighted by molar-refractivity contribution is 5.59. The van der Waals surface area contributed by atoms with E-state index in [1.165, 1.54) is 12.1 Å². The number of aromatic nitrogens is 1. The number of pyridine rings is 1. The van der Waals surface area contributed by atoms with E-state index in [2.05, 4.69) is 4.98 Å². The molecule has 0 radical (unpaired) electrons. The smallest absolute Gasteiger partial charge is 0.325 e. The van der Waals surface area contributed by atoms with Gasteiger partial charge in [-0.3, -0.25) is 0 Å². The van der Waals surface area contributed by atoms with Crippen LogP contribution in [0.5, 0.6) is 0 Å². The zero-order chi connectivity index (χ0) is 15.3. The lowest BCUT2D eigenvalue weighted by Gasteiger charge is -2.23. The monoisotopic (exact) mass is 291 g/mol. The van der Waals surface area contributed by atoms with E-state index in [-0.39, 0.29) is 18.8 Å². The molecule has 1 heterocycles. The van der Waals surface area contributed by atoms with Crippen LogP contribution in [0.3, 0.4) is 0 Å². The molecule has 0 unspecified atom stereocenters. The van der Waals surface area contributed by atoms with Crippen molar-refractivity contribution in [3.05, 3.63) is 54.2 Å². The first kappa shape index (κ1) is 14.9. The van der Waals surface area contributed by atoms with E-state index in [0.29, 0.717) is 5.69 Å². The van der Waals surface area contributed by atoms with Crippen molar-refractivity contribution in [1.29, 1.82) is 5.26 Å². The van der Waals surface area contributed by atoms with Gasteiger partial charge in [-0.1, -0.05) is 24.3 Å². The SMILES string of the molecule is N#CCCN(c1ccccc1)c1cccc(C(F)(F)F)n1. The van der Waals surface area contributed by atoms with Gasteiger partial charge in [-0.25, -0.2) is 4.98 Å². The van der Waals surface area contributed by atoms with Crippen LogP contribution in [-0.4, -0.2) is 11.5 Å². The van der Waals surface area contributed by atoms with Gasteiger partial charge in [-0.2, -0.15) is 18.4 Å². The number of alkyl halides is 3. The number of halogens is 3. The number of hydrogen-bond acceptors (Lipinski definition) is 3. The molecule has 0 bridgehead atoms. The summed E-state index contributed by atoms with van der Waals surface area (Å²) in [5, 5.41) is 8.72. The van der Waals surface area contributed by atoms with E-state index in [1.54, 1.807) is 29.2 Å². The predicted molar refractivity (Wildman–Crippen MR) is 72.9 cm³/mol. The van der Waals surface area contributed by atoms with Crippen molar-refractivity contribution in [2.75, 3.05) is 11.4 Å². The van der Waals surface area contributed by atoms with Gasteiger partial charge in [0.05, 0.1) is 12.5 Å². The second-order valence-corrected chi connectivity index (χ2v) is 4.27. The Labute approximate surface area is 120 Å². The van der Waals surface area contributed by atoms with Crippen LogP contribution in [0.2, 0.25) is 0 Å². The van der Waals surface area contributed by atoms with Crippen LogP contribution in [0.1, 0.15) is 12.1 Å². The highest BCUT2D eigenvalue weighted by Crippen LogP contribution is 2.30. The highest BCUT2D eigenvalue weighted by atomic mass is 19.4. The zero-order valence-corrected chi connectivity index (χ0v) is 11.0. The highest BCUT2D eigenvalue weighted by Gasteiger charge is 2.32. The summed E-state index contributed by atoms with van der Waals surface area (Å²) < 4.78 is 38.3. The van der Waals surface area contributed by atoms with E-state index < -0.39 is 11.9 Å². The molecule has 21 heavy (non-hydrogen) atoms. The van der Waals surface area contributed by atoms with E-state index in [4.69, 9.17) is 5.26 Å². The Balaban J connectivity index is 2.40. The number of para-hydroxylation sites is 1. The molecule has 1 aromatic carbocycles. The van der Waals surface area contributed by atoms with Gasteiger partial charge in [0.25, 0.3) is 0 Å². The van der Waals surface area contributed by atoms with Gasteiger partial charge >= 0.3 is 6.18 Å². The number of anilines is 2. The molecule has 3 nitrogen and oxygen atoms in total. The first-order valence-corrected chi connectivity index (χ1v) is 6.26. The Morgan fingerprint density at radius 3 is 2.38 bits per heavy atom. The lowest BCUT2D eigenvalue weighted by Crippen LogP contribution is -2.20. The molecule has 0 atom stereocenters. The van der Waals surface area contributed by atoms with Crippen LogP contribution in [0.15, 0.2) is 48.5 Å². The fourth-order valence-corrected chi connectivity index (χ4v) is 1.88. The second-order valence-electron chi connectivity index (χ2n) is 4.27. The van der Waals surface area contributed by atoms with E-state index in [0.717, 1.165) is 6.07 Å². The average molecular weight is 291 g/mol. The number of benzene rings is 1. The van der Waals surface area contributed by atoms with Gasteiger partial charge in [0.1, 0.15) is 11.5 Å². The van der Waals surface area contributed by atoms with Crippen LogP contribution in [-0.2, 0) is 6.18 Å². The minimum Gasteiger partial charge on any atom is -0.325 e. The molecule has 0 saturated heterocycles. The Morgan fingerprint density at radius 1 is 1.05 bits per heavy atom. The predicted octanol–water partition coefficient (Wildman–Crippen LogP) is 4.15. The Hall–Kier alpha value is -2.55. The normalized spacial score (nSPS) is 11.0. The summed E-state index contributed by atoms with van der Waals surface area (Å²) in [5.74, 6) is 0.172. The van der Waals surface area contributed by atoms with Crippen LogP contribution in [0.25, 0.3) is 0 Å². The summed E-state index contributed by atoms with van der Waals surface area (Å²) in [7, 11) is 0. The second kappa shape index (κ2) is 6.27. The standard InChI is InChI=1S/C15H12F3N3/c16-15(17,18)13-8-4-9-14(20-13)21(11-5-10-19)12-6-2-1-3-7-12/h1-4,6-9H,5,11H2. The van der Waals surface area contributed by atoms with Gasteiger partial charge in [0, 0.05) is 12.2 Å². The lowest BCUT2D eigenvalue weighted by molar-refractivity contribution is -0.141. The maximum Gasteiger partial charge on any atom is 0.433 e. The van der Waals surface area contributed by atoms with Gasteiger partial charge in [-0.05, 0) is 24.3 Å². The minimum absolute atomic E-state index is 0.172. The lowest BCUT2D eigenvalue weighted by atomic mass is 10.2. The summed E-state index contributed by atoms with van der Waals surface area (Å²) in [5.41, 5.74) is -0.252. The van der Waals surface area contributed by atoms with E-state index in [1.807, 2.05) is 12.1 Å². The van der Waals surface area contributed by atoms with Crippen LogP contribution < -0.4 is 4.90 Å². The molecule has 2 rings (SSSR count). The summed E-state index contributed by atoms with van der Waals surface area (Å²) in [6, 6.07) is 14.6. The molecule has 6 heteroatoms. The number of hydrogen-bond donors (Lipinski definition) is 0. The molecule has 0 amide bonds. The Bertz CT molecular complexity index is 633. The molecule has 0 N–H and O–H groups in total. The Morgan fingerprint density at radius 2 is 1.76 bits per heavy atom. The molecule has 108 valence electrons. The molecule has 2 aromatic rings. The molecule has 0 saturated carbocycles. The van der Waals surface area contributed by atoms with Crippen molar-refractivity contribution < 1.29 is 13.2 Å². The summed E-state index contributed by atoms with van der Waals surface area (Å²) in [6.07, 6.45) is -4.31. The number of rotatable bonds is 4. The molecule has 0 aliphatic carbocycles. The van der Waals surface area contributed by atoms with Crippen LogP contribution in [0, 0.1) is 11.3 Å². The van der Waals surface area contributed by atoms with Crippen molar-refractivity contribution >= 4 is 11.5 Å². The zero-order valence-electron chi connectivity index (χ0n) is 11.0. The number of nitrogens with zero attached hydrogens (tertiary/aromatic N) is 3. The third-order valence-corrected chi connectivity index (χ3v) is 2.82. The molecule has 0 aliphatic rings. The topological polar surface area (TPSA) is 39.9 Å². The molecule has 0 aliphatic heterocycles. The fraction of sp³-hybridized carbons (Fsp3) is 0.200. The van der Waals surface area contributed by atoms with Crippen molar-refractivity contribution in [1.82, 2.24) is 4.98 Å². The maximum atomic E-state index is 12.8. The summed E-state index contributed by atoms with van der Waals surface area (Å²) in [6.45, 7) is 0.273. The third kappa shape index (κ3) is 3.72. The quantitative estimate of drug-likeness (QED) is 0.849. The molecule has 0 spiro atoms. The third-order valence-electron chi connectivity index (χ3n) is 2.82. The van der Waals surface area contributed by atoms with Crippen molar-refractivity contribution in [2.45, 2.75) is 12.6 Å². The number of nitriles is 1. The Kier molecular flexibility index (Phi) is 4.43. The van der Waals surface area contributed by atoms with Crippen molar-refractivity contribution in [3.63, 3.8) is 0 Å². The summed E-state index contributed by atoms with van der Waals surface area (Å²) >= 11 is 0. The van der Waals surface area contributed by atoms with Crippen LogP contribution >= 0.6 is 0 Å². The molecule has 0 fully saturated rings. The van der Waals surface area contributed by atoms with E-state index in [9.17, 15) is 13.2 Å². The van der Waals surface area contributed by atoms with Gasteiger partial charge in [0.2, 0.25) is 0 Å². The largest absolute Gasteiger partial charge is 0.433 e. The summed E-state index contributed by atoms with van der Waals surface area (Å²) in [4.78, 5) is 5.26. The molecular weight excluding hydrogens is 279 g/mol. The van der Waals surface area contributed by atoms with Crippen molar-refractivity contribution in [2.24, 2.45) is 0 Å².